The fourth-order valence-corrected chi connectivity index (χ4v) is 7.22. The number of rotatable bonds is 2. The zero-order valence-electron chi connectivity index (χ0n) is 20.4. The maximum absolute atomic E-state index is 2.64. The van der Waals surface area contributed by atoms with Gasteiger partial charge in [-0.1, -0.05) is 110 Å². The van der Waals surface area contributed by atoms with Gasteiger partial charge in [0, 0.05) is 16.7 Å². The quantitative estimate of drug-likeness (QED) is 0.375. The minimum absolute atomic E-state index is 0.0660. The maximum Gasteiger partial charge on any atom is 0.0365 e. The summed E-state index contributed by atoms with van der Waals surface area (Å²) in [7, 11) is 0. The van der Waals surface area contributed by atoms with Crippen LogP contribution in [0.25, 0.3) is 11.1 Å². The number of hydrogen-bond donors (Lipinski definition) is 0. The largest absolute Gasteiger partial charge is 0.0773 e. The third-order valence-corrected chi connectivity index (χ3v) is 8.90. The van der Waals surface area contributed by atoms with Crippen molar-refractivity contribution in [3.8, 4) is 11.1 Å². The van der Waals surface area contributed by atoms with E-state index >= 15 is 0 Å². The van der Waals surface area contributed by atoms with Gasteiger partial charge in [0.2, 0.25) is 0 Å². The van der Waals surface area contributed by atoms with Gasteiger partial charge in [-0.2, -0.15) is 0 Å². The van der Waals surface area contributed by atoms with Gasteiger partial charge in [0.1, 0.15) is 0 Å². The van der Waals surface area contributed by atoms with Gasteiger partial charge in [-0.05, 0) is 76.6 Å². The van der Waals surface area contributed by atoms with Crippen LogP contribution in [0.2, 0.25) is 0 Å². The van der Waals surface area contributed by atoms with Crippen molar-refractivity contribution in [3.63, 3.8) is 0 Å². The highest BCUT2D eigenvalue weighted by molar-refractivity contribution is 5.79. The van der Waals surface area contributed by atoms with E-state index in [1.54, 1.807) is 5.57 Å². The first-order valence-corrected chi connectivity index (χ1v) is 12.9. The lowest BCUT2D eigenvalue weighted by molar-refractivity contribution is 0.581. The highest BCUT2D eigenvalue weighted by atomic mass is 14.4. The molecule has 0 radical (unpaired) electrons. The molecule has 5 aliphatic rings. The second-order valence-electron chi connectivity index (χ2n) is 11.6. The van der Waals surface area contributed by atoms with Crippen molar-refractivity contribution in [2.75, 3.05) is 0 Å². The van der Waals surface area contributed by atoms with Crippen molar-refractivity contribution in [1.82, 2.24) is 0 Å². The van der Waals surface area contributed by atoms with Crippen LogP contribution < -0.4 is 0 Å². The third-order valence-electron chi connectivity index (χ3n) is 8.90. The van der Waals surface area contributed by atoms with Crippen LogP contribution in [0.1, 0.15) is 50.3 Å². The van der Waals surface area contributed by atoms with E-state index in [0.717, 1.165) is 6.42 Å². The molecule has 0 heteroatoms. The molecule has 0 spiro atoms. The highest BCUT2D eigenvalue weighted by Crippen LogP contribution is 2.53. The molecule has 5 aliphatic carbocycles. The molecule has 7 rings (SSSR count). The van der Waals surface area contributed by atoms with Gasteiger partial charge in [0.25, 0.3) is 0 Å². The maximum atomic E-state index is 2.64. The Morgan fingerprint density at radius 3 is 2.65 bits per heavy atom. The van der Waals surface area contributed by atoms with Crippen LogP contribution in [-0.4, -0.2) is 0 Å². The van der Waals surface area contributed by atoms with Gasteiger partial charge >= 0.3 is 0 Å². The lowest BCUT2D eigenvalue weighted by atomic mass is 9.63. The van der Waals surface area contributed by atoms with E-state index in [1.807, 2.05) is 0 Å². The van der Waals surface area contributed by atoms with Gasteiger partial charge in [-0.15, -0.1) is 0 Å². The molecule has 3 unspecified atom stereocenters. The van der Waals surface area contributed by atoms with Crippen molar-refractivity contribution in [2.45, 2.75) is 45.4 Å². The van der Waals surface area contributed by atoms with E-state index in [9.17, 15) is 0 Å². The molecule has 0 heterocycles. The van der Waals surface area contributed by atoms with E-state index in [-0.39, 0.29) is 10.8 Å². The number of fused-ring (bicyclic) bond motifs is 5. The molecule has 0 N–H and O–H groups in total. The molecule has 34 heavy (non-hydrogen) atoms. The summed E-state index contributed by atoms with van der Waals surface area (Å²) in [5.41, 5.74) is 13.3. The van der Waals surface area contributed by atoms with Crippen molar-refractivity contribution in [1.29, 1.82) is 0 Å². The molecule has 2 aromatic rings. The Balaban J connectivity index is 1.43. The number of hydrogen-bond acceptors (Lipinski definition) is 0. The molecule has 2 aromatic carbocycles. The van der Waals surface area contributed by atoms with E-state index < -0.39 is 0 Å². The summed E-state index contributed by atoms with van der Waals surface area (Å²) in [6, 6.07) is 16.0. The lowest BCUT2D eigenvalue weighted by Crippen LogP contribution is -2.31. The zero-order valence-corrected chi connectivity index (χ0v) is 20.4. The topological polar surface area (TPSA) is 0 Å². The summed E-state index contributed by atoms with van der Waals surface area (Å²) < 4.78 is 0. The zero-order chi connectivity index (χ0) is 23.1. The van der Waals surface area contributed by atoms with Gasteiger partial charge in [-0.3, -0.25) is 0 Å². The summed E-state index contributed by atoms with van der Waals surface area (Å²) >= 11 is 0. The van der Waals surface area contributed by atoms with E-state index in [0.29, 0.717) is 11.8 Å². The Bertz CT molecular complexity index is 1410. The molecule has 0 amide bonds. The van der Waals surface area contributed by atoms with Crippen molar-refractivity contribution in [2.24, 2.45) is 17.3 Å². The first kappa shape index (κ1) is 20.3. The molecule has 0 aliphatic heterocycles. The second-order valence-corrected chi connectivity index (χ2v) is 11.6. The van der Waals surface area contributed by atoms with E-state index in [1.165, 1.54) is 57.4 Å². The van der Waals surface area contributed by atoms with E-state index in [2.05, 4.69) is 112 Å². The summed E-state index contributed by atoms with van der Waals surface area (Å²) in [5.74, 6) is 1.20. The molecule has 1 saturated carbocycles. The van der Waals surface area contributed by atoms with Crippen LogP contribution in [0.3, 0.4) is 0 Å². The molecule has 0 saturated heterocycles. The van der Waals surface area contributed by atoms with Crippen molar-refractivity contribution in [3.05, 3.63) is 130 Å². The standard InChI is InChI=1S/C34H32/c1-33(2)17-16-24-18-25(28-15-14-22-9-6-11-26(22)28)20-34(3,32(24)21-33)31-13-7-12-29-27-10-5-4-8-23(27)19-30(29)31/h4-13,16-18,20-22,28H,14-15,19H2,1-3H3. The van der Waals surface area contributed by atoms with Crippen LogP contribution in [0.5, 0.6) is 0 Å². The normalized spacial score (nSPS) is 29.5. The lowest BCUT2D eigenvalue weighted by Gasteiger charge is -2.41. The minimum Gasteiger partial charge on any atom is -0.0773 e. The Labute approximate surface area is 203 Å². The van der Waals surface area contributed by atoms with Crippen LogP contribution >= 0.6 is 0 Å². The monoisotopic (exact) mass is 440 g/mol. The van der Waals surface area contributed by atoms with Crippen molar-refractivity contribution >= 4 is 0 Å². The Kier molecular flexibility index (Phi) is 4.14. The van der Waals surface area contributed by atoms with Crippen LogP contribution in [0, 0.1) is 17.3 Å². The van der Waals surface area contributed by atoms with Crippen molar-refractivity contribution < 1.29 is 0 Å². The van der Waals surface area contributed by atoms with Gasteiger partial charge < -0.3 is 0 Å². The Hall–Kier alpha value is -3.12. The molecule has 0 nitrogen and oxygen atoms in total. The van der Waals surface area contributed by atoms with Gasteiger partial charge in [0.05, 0.1) is 0 Å². The highest BCUT2D eigenvalue weighted by Gasteiger charge is 2.42. The number of allylic oxidation sites excluding steroid dienone is 12. The van der Waals surface area contributed by atoms with Gasteiger partial charge in [-0.25, -0.2) is 0 Å². The molecule has 3 atom stereocenters. The fraction of sp³-hybridized carbons (Fsp3) is 0.294. The average Bonchev–Trinajstić information content (AvgIpc) is 3.53. The summed E-state index contributed by atoms with van der Waals surface area (Å²) in [5, 5.41) is 0. The van der Waals surface area contributed by atoms with Crippen LogP contribution in [0.4, 0.5) is 0 Å². The number of benzene rings is 2. The second kappa shape index (κ2) is 6.95. The molecule has 168 valence electrons. The van der Waals surface area contributed by atoms with Gasteiger partial charge in [0.15, 0.2) is 0 Å². The average molecular weight is 441 g/mol. The smallest absolute Gasteiger partial charge is 0.0365 e. The summed E-state index contributed by atoms with van der Waals surface area (Å²) in [6.45, 7) is 7.14. The molecule has 0 bridgehead atoms. The molecule has 0 aromatic heterocycles. The Morgan fingerprint density at radius 1 is 0.882 bits per heavy atom. The molecular formula is C34H32. The van der Waals surface area contributed by atoms with E-state index in [4.69, 9.17) is 0 Å². The SMILES string of the molecule is CC1(C)C=CC2=CC(C3CCC4C=CC=C43)=CC(C)(c3cccc4c3Cc3ccccc3-4)C2=C1. The first-order chi connectivity index (χ1) is 16.4. The van der Waals surface area contributed by atoms with Crippen LogP contribution in [-0.2, 0) is 11.8 Å². The predicted molar refractivity (Wildman–Crippen MR) is 143 cm³/mol. The molecular weight excluding hydrogens is 408 g/mol. The third kappa shape index (κ3) is 2.84. The first-order valence-electron chi connectivity index (χ1n) is 12.9. The molecule has 1 fully saturated rings. The fourth-order valence-electron chi connectivity index (χ4n) is 7.22. The summed E-state index contributed by atoms with van der Waals surface area (Å²) in [6.07, 6.45) is 23.1. The van der Waals surface area contributed by atoms with Crippen LogP contribution in [0.15, 0.2) is 113 Å². The Morgan fingerprint density at radius 2 is 1.74 bits per heavy atom. The predicted octanol–water partition coefficient (Wildman–Crippen LogP) is 8.43. The minimum atomic E-state index is -0.139. The summed E-state index contributed by atoms with van der Waals surface area (Å²) in [4.78, 5) is 0.